The summed E-state index contributed by atoms with van der Waals surface area (Å²) in [5, 5.41) is 0. The van der Waals surface area contributed by atoms with Gasteiger partial charge >= 0.3 is 0 Å². The first-order valence-electron chi connectivity index (χ1n) is 5.60. The number of rotatable bonds is 5. The minimum absolute atomic E-state index is 0.467. The second-order valence-electron chi connectivity index (χ2n) is 4.27. The minimum atomic E-state index is 0.467. The molecule has 0 aliphatic carbocycles. The maximum atomic E-state index is 5.64. The summed E-state index contributed by atoms with van der Waals surface area (Å²) >= 11 is 0. The van der Waals surface area contributed by atoms with E-state index in [1.54, 1.807) is 7.11 Å². The average Bonchev–Trinajstić information content (AvgIpc) is 2.23. The van der Waals surface area contributed by atoms with Gasteiger partial charge in [0.2, 0.25) is 0 Å². The number of ether oxygens (including phenoxy) is 1. The summed E-state index contributed by atoms with van der Waals surface area (Å²) in [4.78, 5) is 8.87. The molecule has 0 amide bonds. The summed E-state index contributed by atoms with van der Waals surface area (Å²) in [6, 6.07) is 0. The molecule has 1 heterocycles. The molecule has 4 heteroatoms. The van der Waals surface area contributed by atoms with Gasteiger partial charge in [-0.25, -0.2) is 9.97 Å². The third-order valence-corrected chi connectivity index (χ3v) is 2.70. The molecule has 1 rings (SSSR count). The van der Waals surface area contributed by atoms with Gasteiger partial charge in [0.25, 0.3) is 0 Å². The van der Waals surface area contributed by atoms with E-state index in [0.29, 0.717) is 19.1 Å². The molecule has 0 aliphatic heterocycles. The van der Waals surface area contributed by atoms with Crippen LogP contribution in [0.4, 0.5) is 0 Å². The van der Waals surface area contributed by atoms with E-state index in [1.807, 2.05) is 13.8 Å². The van der Waals surface area contributed by atoms with Crippen molar-refractivity contribution < 1.29 is 4.74 Å². The van der Waals surface area contributed by atoms with Gasteiger partial charge in [-0.05, 0) is 38.3 Å². The summed E-state index contributed by atoms with van der Waals surface area (Å²) in [7, 11) is 1.65. The number of aromatic nitrogens is 2. The zero-order chi connectivity index (χ0) is 12.1. The highest BCUT2D eigenvalue weighted by atomic mass is 16.5. The lowest BCUT2D eigenvalue weighted by molar-refractivity contribution is 0.177. The lowest BCUT2D eigenvalue weighted by atomic mass is 9.99. The van der Waals surface area contributed by atoms with Crippen molar-refractivity contribution in [2.24, 2.45) is 11.7 Å². The summed E-state index contributed by atoms with van der Waals surface area (Å²) < 4.78 is 5.04. The Bertz CT molecular complexity index is 329. The summed E-state index contributed by atoms with van der Waals surface area (Å²) in [6.45, 7) is 7.34. The van der Waals surface area contributed by atoms with Crippen molar-refractivity contribution in [3.05, 3.63) is 22.8 Å². The van der Waals surface area contributed by atoms with E-state index in [4.69, 9.17) is 10.5 Å². The summed E-state index contributed by atoms with van der Waals surface area (Å²) in [5.41, 5.74) is 8.94. The number of hydrogen-bond donors (Lipinski definition) is 1. The fraction of sp³-hybridized carbons (Fsp3) is 0.667. The molecule has 1 atom stereocenters. The van der Waals surface area contributed by atoms with E-state index in [1.165, 1.54) is 5.56 Å². The number of hydrogen-bond acceptors (Lipinski definition) is 4. The summed E-state index contributed by atoms with van der Waals surface area (Å²) in [6.07, 6.45) is 0.946. The second kappa shape index (κ2) is 5.92. The van der Waals surface area contributed by atoms with E-state index in [9.17, 15) is 0 Å². The van der Waals surface area contributed by atoms with E-state index in [-0.39, 0.29) is 0 Å². The lowest BCUT2D eigenvalue weighted by Gasteiger charge is -2.13. The fourth-order valence-electron chi connectivity index (χ4n) is 1.73. The van der Waals surface area contributed by atoms with Crippen molar-refractivity contribution in [3.8, 4) is 0 Å². The van der Waals surface area contributed by atoms with Crippen LogP contribution in [-0.2, 0) is 17.8 Å². The normalized spacial score (nSPS) is 12.8. The number of methoxy groups -OCH3 is 1. The van der Waals surface area contributed by atoms with Crippen LogP contribution in [-0.4, -0.2) is 23.6 Å². The van der Waals surface area contributed by atoms with Crippen LogP contribution in [0, 0.1) is 19.8 Å². The number of aryl methyl sites for hydroxylation is 2. The largest absolute Gasteiger partial charge is 0.377 e. The Morgan fingerprint density at radius 2 is 1.81 bits per heavy atom. The summed E-state index contributed by atoms with van der Waals surface area (Å²) in [5.74, 6) is 1.22. The van der Waals surface area contributed by atoms with Crippen LogP contribution in [0.3, 0.4) is 0 Å². The maximum Gasteiger partial charge on any atom is 0.154 e. The first-order valence-corrected chi connectivity index (χ1v) is 5.60. The molecular formula is C12H21N3O. The zero-order valence-electron chi connectivity index (χ0n) is 10.6. The highest BCUT2D eigenvalue weighted by Gasteiger charge is 2.11. The molecule has 0 aliphatic rings. The molecule has 0 fully saturated rings. The van der Waals surface area contributed by atoms with Gasteiger partial charge in [-0.2, -0.15) is 0 Å². The predicted octanol–water partition coefficient (Wildman–Crippen LogP) is 1.38. The third-order valence-electron chi connectivity index (χ3n) is 2.70. The SMILES string of the molecule is COCc1nc(C)c(CC(C)CN)c(C)n1. The topological polar surface area (TPSA) is 61.0 Å². The Morgan fingerprint density at radius 3 is 2.25 bits per heavy atom. The van der Waals surface area contributed by atoms with Crippen molar-refractivity contribution in [1.29, 1.82) is 0 Å². The second-order valence-corrected chi connectivity index (χ2v) is 4.27. The first-order chi connectivity index (χ1) is 7.58. The molecule has 1 aromatic rings. The van der Waals surface area contributed by atoms with Crippen LogP contribution >= 0.6 is 0 Å². The van der Waals surface area contributed by atoms with E-state index >= 15 is 0 Å². The monoisotopic (exact) mass is 223 g/mol. The van der Waals surface area contributed by atoms with Crippen LogP contribution < -0.4 is 5.73 Å². The van der Waals surface area contributed by atoms with Crippen LogP contribution in [0.5, 0.6) is 0 Å². The molecule has 2 N–H and O–H groups in total. The Balaban J connectivity index is 2.93. The van der Waals surface area contributed by atoms with Crippen LogP contribution in [0.1, 0.15) is 29.7 Å². The van der Waals surface area contributed by atoms with Crippen LogP contribution in [0.25, 0.3) is 0 Å². The molecule has 0 aromatic carbocycles. The first kappa shape index (κ1) is 13.1. The molecule has 0 radical (unpaired) electrons. The van der Waals surface area contributed by atoms with Gasteiger partial charge in [0.1, 0.15) is 6.61 Å². The number of nitrogens with two attached hydrogens (primary N) is 1. The smallest absolute Gasteiger partial charge is 0.154 e. The highest BCUT2D eigenvalue weighted by Crippen LogP contribution is 2.15. The molecule has 90 valence electrons. The van der Waals surface area contributed by atoms with Gasteiger partial charge in [0.15, 0.2) is 5.82 Å². The Labute approximate surface area is 97.2 Å². The Morgan fingerprint density at radius 1 is 1.25 bits per heavy atom. The molecule has 4 nitrogen and oxygen atoms in total. The minimum Gasteiger partial charge on any atom is -0.377 e. The standard InChI is InChI=1S/C12H21N3O/c1-8(6-13)5-11-9(2)14-12(7-16-4)15-10(11)3/h8H,5-7,13H2,1-4H3. The molecule has 0 bridgehead atoms. The molecule has 1 unspecified atom stereocenters. The van der Waals surface area contributed by atoms with Gasteiger partial charge in [-0.3, -0.25) is 0 Å². The average molecular weight is 223 g/mol. The fourth-order valence-corrected chi connectivity index (χ4v) is 1.73. The van der Waals surface area contributed by atoms with E-state index in [0.717, 1.165) is 23.6 Å². The van der Waals surface area contributed by atoms with Gasteiger partial charge in [-0.15, -0.1) is 0 Å². The third kappa shape index (κ3) is 3.25. The molecular weight excluding hydrogens is 202 g/mol. The van der Waals surface area contributed by atoms with E-state index in [2.05, 4.69) is 16.9 Å². The van der Waals surface area contributed by atoms with Crippen molar-refractivity contribution >= 4 is 0 Å². The zero-order valence-corrected chi connectivity index (χ0v) is 10.6. The van der Waals surface area contributed by atoms with Crippen molar-refractivity contribution in [1.82, 2.24) is 9.97 Å². The molecule has 0 saturated heterocycles. The molecule has 1 aromatic heterocycles. The van der Waals surface area contributed by atoms with Crippen LogP contribution in [0.15, 0.2) is 0 Å². The Hall–Kier alpha value is -1.00. The molecule has 0 spiro atoms. The lowest BCUT2D eigenvalue weighted by Crippen LogP contribution is -2.16. The van der Waals surface area contributed by atoms with Gasteiger partial charge < -0.3 is 10.5 Å². The van der Waals surface area contributed by atoms with Crippen molar-refractivity contribution in [2.75, 3.05) is 13.7 Å². The van der Waals surface area contributed by atoms with Gasteiger partial charge in [0, 0.05) is 18.5 Å². The van der Waals surface area contributed by atoms with Gasteiger partial charge in [-0.1, -0.05) is 6.92 Å². The van der Waals surface area contributed by atoms with Gasteiger partial charge in [0.05, 0.1) is 0 Å². The van der Waals surface area contributed by atoms with E-state index < -0.39 is 0 Å². The van der Waals surface area contributed by atoms with Crippen molar-refractivity contribution in [3.63, 3.8) is 0 Å². The predicted molar refractivity (Wildman–Crippen MR) is 64.1 cm³/mol. The van der Waals surface area contributed by atoms with Crippen molar-refractivity contribution in [2.45, 2.75) is 33.8 Å². The van der Waals surface area contributed by atoms with Crippen LogP contribution in [0.2, 0.25) is 0 Å². The Kier molecular flexibility index (Phi) is 4.83. The maximum absolute atomic E-state index is 5.64. The molecule has 0 saturated carbocycles. The molecule has 16 heavy (non-hydrogen) atoms. The quantitative estimate of drug-likeness (QED) is 0.819. The number of nitrogens with zero attached hydrogens (tertiary/aromatic N) is 2. The highest BCUT2D eigenvalue weighted by molar-refractivity contribution is 5.24.